The van der Waals surface area contributed by atoms with Crippen LogP contribution in [0.4, 0.5) is 0 Å². The van der Waals surface area contributed by atoms with E-state index < -0.39 is 24.2 Å². The summed E-state index contributed by atoms with van der Waals surface area (Å²) in [6.45, 7) is 3.22. The molecule has 0 saturated heterocycles. The highest BCUT2D eigenvalue weighted by molar-refractivity contribution is 5.54. The van der Waals surface area contributed by atoms with Gasteiger partial charge < -0.3 is 20.1 Å². The molecule has 3 N–H and O–H groups in total. The third kappa shape index (κ3) is 6.07. The maximum absolute atomic E-state index is 10.6. The lowest BCUT2D eigenvalue weighted by Crippen LogP contribution is -2.26. The van der Waals surface area contributed by atoms with Gasteiger partial charge in [0.25, 0.3) is 0 Å². The second-order valence-electron chi connectivity index (χ2n) is 3.88. The van der Waals surface area contributed by atoms with Gasteiger partial charge in [0.15, 0.2) is 0 Å². The highest BCUT2D eigenvalue weighted by Crippen LogP contribution is 2.14. The molecule has 0 radical (unpaired) electrons. The maximum Gasteiger partial charge on any atom is 0.125 e. The smallest absolute Gasteiger partial charge is 0.125 e. The average Bonchev–Trinajstić information content (AvgIpc) is 2.09. The normalized spacial score (nSPS) is 19.8. The lowest BCUT2D eigenvalue weighted by atomic mass is 9.93. The zero-order valence-electron chi connectivity index (χ0n) is 8.76. The summed E-state index contributed by atoms with van der Waals surface area (Å²) in [6, 6.07) is 0. The Hall–Kier alpha value is -0.450. The molecular formula is C10H20O4. The van der Waals surface area contributed by atoms with Crippen molar-refractivity contribution in [2.45, 2.75) is 51.4 Å². The molecule has 4 unspecified atom stereocenters. The Labute approximate surface area is 84.6 Å². The van der Waals surface area contributed by atoms with Gasteiger partial charge >= 0.3 is 0 Å². The molecule has 0 bridgehead atoms. The number of hydrogen-bond donors (Lipinski definition) is 3. The molecule has 0 saturated carbocycles. The van der Waals surface area contributed by atoms with E-state index in [4.69, 9.17) is 10.2 Å². The maximum atomic E-state index is 10.6. The first-order valence-corrected chi connectivity index (χ1v) is 4.96. The number of hydrogen-bond acceptors (Lipinski definition) is 4. The molecule has 0 spiro atoms. The number of aliphatic hydroxyl groups is 3. The van der Waals surface area contributed by atoms with Gasteiger partial charge in [0.2, 0.25) is 0 Å². The molecule has 84 valence electrons. The van der Waals surface area contributed by atoms with Crippen LogP contribution in [0.25, 0.3) is 0 Å². The number of rotatable bonds is 7. The van der Waals surface area contributed by atoms with Crippen LogP contribution in [-0.2, 0) is 4.79 Å². The lowest BCUT2D eigenvalue weighted by molar-refractivity contribution is -0.115. The first-order valence-electron chi connectivity index (χ1n) is 4.96. The molecule has 4 atom stereocenters. The minimum atomic E-state index is -0.767. The molecule has 0 amide bonds. The largest absolute Gasteiger partial charge is 0.393 e. The fraction of sp³-hybridized carbons (Fsp3) is 0.900. The molecule has 0 aromatic carbocycles. The molecule has 0 aromatic rings. The summed E-state index contributed by atoms with van der Waals surface area (Å²) in [5.41, 5.74) is 0. The Morgan fingerprint density at radius 1 is 1.07 bits per heavy atom. The van der Waals surface area contributed by atoms with Gasteiger partial charge in [0.05, 0.1) is 18.3 Å². The minimum absolute atomic E-state index is 0.268. The minimum Gasteiger partial charge on any atom is -0.393 e. The van der Waals surface area contributed by atoms with Gasteiger partial charge in [-0.2, -0.15) is 0 Å². The second-order valence-corrected chi connectivity index (χ2v) is 3.88. The Morgan fingerprint density at radius 3 is 2.00 bits per heavy atom. The van der Waals surface area contributed by atoms with E-state index in [2.05, 4.69) is 0 Å². The number of aldehydes is 1. The first-order chi connectivity index (χ1) is 6.47. The fourth-order valence-electron chi connectivity index (χ4n) is 1.32. The van der Waals surface area contributed by atoms with E-state index in [0.29, 0.717) is 19.1 Å². The van der Waals surface area contributed by atoms with E-state index in [1.165, 1.54) is 0 Å². The van der Waals surface area contributed by atoms with Crippen molar-refractivity contribution in [2.75, 3.05) is 0 Å². The van der Waals surface area contributed by atoms with Crippen LogP contribution in [0.2, 0.25) is 0 Å². The quantitative estimate of drug-likeness (QED) is 0.514. The molecule has 0 heterocycles. The molecular weight excluding hydrogens is 184 g/mol. The standard InChI is InChI=1S/C10H20O4/c1-7(12)3-4-10(14)9(6-11)5-8(2)13/h6-10,12-14H,3-5H2,1-2H3. The van der Waals surface area contributed by atoms with Crippen molar-refractivity contribution in [2.24, 2.45) is 5.92 Å². The van der Waals surface area contributed by atoms with Crippen LogP contribution in [0.3, 0.4) is 0 Å². The van der Waals surface area contributed by atoms with Crippen molar-refractivity contribution in [3.63, 3.8) is 0 Å². The predicted octanol–water partition coefficient (Wildman–Crippen LogP) is 0.0943. The van der Waals surface area contributed by atoms with Gasteiger partial charge in [-0.15, -0.1) is 0 Å². The third-order valence-corrected chi connectivity index (χ3v) is 2.16. The van der Waals surface area contributed by atoms with Gasteiger partial charge in [-0.25, -0.2) is 0 Å². The number of carbonyl (C=O) groups excluding carboxylic acids is 1. The van der Waals surface area contributed by atoms with Gasteiger partial charge in [-0.05, 0) is 33.1 Å². The van der Waals surface area contributed by atoms with Gasteiger partial charge in [0, 0.05) is 5.92 Å². The van der Waals surface area contributed by atoms with Gasteiger partial charge in [0.1, 0.15) is 6.29 Å². The van der Waals surface area contributed by atoms with Crippen LogP contribution in [0.5, 0.6) is 0 Å². The molecule has 0 aliphatic heterocycles. The Balaban J connectivity index is 3.91. The van der Waals surface area contributed by atoms with Crippen molar-refractivity contribution in [3.05, 3.63) is 0 Å². The number of aliphatic hydroxyl groups excluding tert-OH is 3. The molecule has 0 aromatic heterocycles. The van der Waals surface area contributed by atoms with E-state index in [1.807, 2.05) is 0 Å². The summed E-state index contributed by atoms with van der Waals surface area (Å²) < 4.78 is 0. The van der Waals surface area contributed by atoms with Crippen LogP contribution in [0, 0.1) is 5.92 Å². The summed E-state index contributed by atoms with van der Waals surface area (Å²) in [5.74, 6) is -0.534. The van der Waals surface area contributed by atoms with Crippen molar-refractivity contribution < 1.29 is 20.1 Å². The lowest BCUT2D eigenvalue weighted by Gasteiger charge is -2.19. The molecule has 0 aliphatic carbocycles. The highest BCUT2D eigenvalue weighted by Gasteiger charge is 2.20. The second kappa shape index (κ2) is 6.92. The zero-order valence-corrected chi connectivity index (χ0v) is 8.76. The van der Waals surface area contributed by atoms with Crippen LogP contribution in [-0.4, -0.2) is 39.9 Å². The molecule has 14 heavy (non-hydrogen) atoms. The van der Waals surface area contributed by atoms with E-state index in [1.54, 1.807) is 13.8 Å². The van der Waals surface area contributed by atoms with Crippen molar-refractivity contribution >= 4 is 6.29 Å². The predicted molar refractivity (Wildman–Crippen MR) is 52.8 cm³/mol. The van der Waals surface area contributed by atoms with Gasteiger partial charge in [-0.3, -0.25) is 0 Å². The summed E-state index contributed by atoms with van der Waals surface area (Å²) in [4.78, 5) is 10.6. The van der Waals surface area contributed by atoms with Crippen molar-refractivity contribution in [1.29, 1.82) is 0 Å². The molecule has 4 nitrogen and oxygen atoms in total. The summed E-state index contributed by atoms with van der Waals surface area (Å²) >= 11 is 0. The topological polar surface area (TPSA) is 77.8 Å². The fourth-order valence-corrected chi connectivity index (χ4v) is 1.32. The molecule has 0 rings (SSSR count). The molecule has 4 heteroatoms. The first kappa shape index (κ1) is 13.5. The summed E-state index contributed by atoms with van der Waals surface area (Å²) in [6.07, 6.45) is -0.0465. The zero-order chi connectivity index (χ0) is 11.1. The summed E-state index contributed by atoms with van der Waals surface area (Å²) in [7, 11) is 0. The van der Waals surface area contributed by atoms with Crippen LogP contribution in [0.15, 0.2) is 0 Å². The van der Waals surface area contributed by atoms with Crippen LogP contribution in [0.1, 0.15) is 33.1 Å². The Morgan fingerprint density at radius 2 is 1.64 bits per heavy atom. The highest BCUT2D eigenvalue weighted by atomic mass is 16.3. The van der Waals surface area contributed by atoms with Crippen molar-refractivity contribution in [3.8, 4) is 0 Å². The van der Waals surface area contributed by atoms with E-state index in [-0.39, 0.29) is 6.42 Å². The van der Waals surface area contributed by atoms with Gasteiger partial charge in [-0.1, -0.05) is 0 Å². The SMILES string of the molecule is CC(O)CCC(O)C(C=O)CC(C)O. The van der Waals surface area contributed by atoms with Crippen LogP contribution >= 0.6 is 0 Å². The average molecular weight is 204 g/mol. The number of carbonyl (C=O) groups is 1. The third-order valence-electron chi connectivity index (χ3n) is 2.16. The molecule has 0 aliphatic rings. The summed E-state index contributed by atoms with van der Waals surface area (Å²) in [5, 5.41) is 27.6. The van der Waals surface area contributed by atoms with E-state index in [0.717, 1.165) is 0 Å². The van der Waals surface area contributed by atoms with Crippen molar-refractivity contribution in [1.82, 2.24) is 0 Å². The van der Waals surface area contributed by atoms with E-state index >= 15 is 0 Å². The Bertz CT molecular complexity index is 156. The monoisotopic (exact) mass is 204 g/mol. The van der Waals surface area contributed by atoms with E-state index in [9.17, 15) is 9.90 Å². The Kier molecular flexibility index (Phi) is 6.70. The molecule has 0 fully saturated rings. The van der Waals surface area contributed by atoms with Crippen LogP contribution < -0.4 is 0 Å².